The van der Waals surface area contributed by atoms with Crippen LogP contribution in [0.3, 0.4) is 0 Å². The highest BCUT2D eigenvalue weighted by Gasteiger charge is 2.34. The molecule has 1 amide bonds. The van der Waals surface area contributed by atoms with Crippen LogP contribution in [0.25, 0.3) is 6.08 Å². The molecule has 1 aromatic heterocycles. The largest absolute Gasteiger partial charge is 0.465 e. The Bertz CT molecular complexity index is 891. The van der Waals surface area contributed by atoms with Gasteiger partial charge in [-0.25, -0.2) is 4.79 Å². The Labute approximate surface area is 170 Å². The summed E-state index contributed by atoms with van der Waals surface area (Å²) in [6.45, 7) is 6.78. The van der Waals surface area contributed by atoms with Crippen LogP contribution in [-0.2, 0) is 22.4 Å². The van der Waals surface area contributed by atoms with E-state index in [-0.39, 0.29) is 17.3 Å². The summed E-state index contributed by atoms with van der Waals surface area (Å²) < 4.78 is 5.00. The van der Waals surface area contributed by atoms with Gasteiger partial charge >= 0.3 is 5.97 Å². The zero-order valence-electron chi connectivity index (χ0n) is 16.9. The van der Waals surface area contributed by atoms with Gasteiger partial charge in [-0.2, -0.15) is 0 Å². The molecule has 1 aliphatic carbocycles. The van der Waals surface area contributed by atoms with Crippen LogP contribution in [0.2, 0.25) is 0 Å². The molecule has 4 nitrogen and oxygen atoms in total. The van der Waals surface area contributed by atoms with Crippen LogP contribution >= 0.6 is 11.3 Å². The van der Waals surface area contributed by atoms with Crippen LogP contribution in [0.5, 0.6) is 0 Å². The third kappa shape index (κ3) is 4.53. The number of thiophene rings is 1. The predicted molar refractivity (Wildman–Crippen MR) is 115 cm³/mol. The molecule has 1 aromatic carbocycles. The lowest BCUT2D eigenvalue weighted by molar-refractivity contribution is -0.111. The monoisotopic (exact) mass is 397 g/mol. The SMILES string of the molecule is COC(=O)c1c(NC(=O)/C=C/c2ccccc2)sc2c1CC[C@@H](C(C)(C)C)C2. The van der Waals surface area contributed by atoms with E-state index in [0.717, 1.165) is 30.4 Å². The molecule has 28 heavy (non-hydrogen) atoms. The molecule has 1 heterocycles. The van der Waals surface area contributed by atoms with Crippen LogP contribution in [0.4, 0.5) is 5.00 Å². The van der Waals surface area contributed by atoms with E-state index in [0.29, 0.717) is 16.5 Å². The van der Waals surface area contributed by atoms with Crippen molar-refractivity contribution in [3.05, 3.63) is 58.0 Å². The van der Waals surface area contributed by atoms with Crippen molar-refractivity contribution in [1.82, 2.24) is 0 Å². The zero-order chi connectivity index (χ0) is 20.3. The molecule has 0 saturated carbocycles. The number of ether oxygens (including phenoxy) is 1. The lowest BCUT2D eigenvalue weighted by Crippen LogP contribution is -2.26. The molecule has 0 fully saturated rings. The zero-order valence-corrected chi connectivity index (χ0v) is 17.7. The molecule has 0 saturated heterocycles. The average Bonchev–Trinajstić information content (AvgIpc) is 3.02. The average molecular weight is 398 g/mol. The van der Waals surface area contributed by atoms with Gasteiger partial charge in [0.05, 0.1) is 12.7 Å². The second kappa shape index (κ2) is 8.31. The van der Waals surface area contributed by atoms with E-state index < -0.39 is 0 Å². The number of anilines is 1. The van der Waals surface area contributed by atoms with Crippen LogP contribution in [0.15, 0.2) is 36.4 Å². The highest BCUT2D eigenvalue weighted by Crippen LogP contribution is 2.44. The van der Waals surface area contributed by atoms with Crippen molar-refractivity contribution in [1.29, 1.82) is 0 Å². The van der Waals surface area contributed by atoms with Crippen molar-refractivity contribution < 1.29 is 14.3 Å². The van der Waals surface area contributed by atoms with Crippen LogP contribution in [-0.4, -0.2) is 19.0 Å². The quantitative estimate of drug-likeness (QED) is 0.560. The Morgan fingerprint density at radius 2 is 1.93 bits per heavy atom. The molecular weight excluding hydrogens is 370 g/mol. The van der Waals surface area contributed by atoms with Gasteiger partial charge < -0.3 is 10.1 Å². The standard InChI is InChI=1S/C23H27NO3S/c1-23(2,3)16-11-12-17-18(14-16)28-21(20(17)22(26)27-4)24-19(25)13-10-15-8-6-5-7-9-15/h5-10,13,16H,11-12,14H2,1-4H3,(H,24,25)/b13-10+/t16-/m1/s1. The van der Waals surface area contributed by atoms with E-state index in [1.807, 2.05) is 30.3 Å². The minimum Gasteiger partial charge on any atom is -0.465 e. The molecule has 0 radical (unpaired) electrons. The first-order chi connectivity index (χ1) is 13.3. The van der Waals surface area contributed by atoms with Gasteiger partial charge in [0.15, 0.2) is 0 Å². The molecule has 2 aromatic rings. The molecule has 0 unspecified atom stereocenters. The van der Waals surface area contributed by atoms with Gasteiger partial charge in [0.1, 0.15) is 5.00 Å². The summed E-state index contributed by atoms with van der Waals surface area (Å²) in [4.78, 5) is 26.1. The molecule has 148 valence electrons. The van der Waals surface area contributed by atoms with Crippen molar-refractivity contribution in [2.24, 2.45) is 11.3 Å². The highest BCUT2D eigenvalue weighted by atomic mass is 32.1. The number of carbonyl (C=O) groups is 2. The highest BCUT2D eigenvalue weighted by molar-refractivity contribution is 7.17. The number of fused-ring (bicyclic) bond motifs is 1. The van der Waals surface area contributed by atoms with Gasteiger partial charge in [-0.3, -0.25) is 4.79 Å². The third-order valence-electron chi connectivity index (χ3n) is 5.34. The summed E-state index contributed by atoms with van der Waals surface area (Å²) >= 11 is 1.51. The van der Waals surface area contributed by atoms with Gasteiger partial charge in [-0.1, -0.05) is 51.1 Å². The molecule has 3 rings (SSSR count). The van der Waals surface area contributed by atoms with E-state index >= 15 is 0 Å². The lowest BCUT2D eigenvalue weighted by atomic mass is 9.72. The van der Waals surface area contributed by atoms with Gasteiger partial charge in [0.2, 0.25) is 5.91 Å². The minimum atomic E-state index is -0.381. The normalized spacial score (nSPS) is 16.6. The molecule has 0 aliphatic heterocycles. The number of esters is 1. The molecule has 1 aliphatic rings. The second-order valence-electron chi connectivity index (χ2n) is 8.24. The number of nitrogens with one attached hydrogen (secondary N) is 1. The van der Waals surface area contributed by atoms with Gasteiger partial charge in [-0.05, 0) is 47.8 Å². The number of hydrogen-bond donors (Lipinski definition) is 1. The van der Waals surface area contributed by atoms with Crippen LogP contribution in [0.1, 0.15) is 53.6 Å². The Morgan fingerprint density at radius 1 is 1.21 bits per heavy atom. The maximum absolute atomic E-state index is 12.4. The first-order valence-corrected chi connectivity index (χ1v) is 10.4. The smallest absolute Gasteiger partial charge is 0.341 e. The lowest BCUT2D eigenvalue weighted by Gasteiger charge is -2.33. The summed E-state index contributed by atoms with van der Waals surface area (Å²) in [5.41, 5.74) is 2.73. The first-order valence-electron chi connectivity index (χ1n) is 9.56. The summed E-state index contributed by atoms with van der Waals surface area (Å²) in [5.74, 6) is -0.0697. The fourth-order valence-electron chi connectivity index (χ4n) is 3.62. The van der Waals surface area contributed by atoms with Gasteiger partial charge in [0, 0.05) is 11.0 Å². The second-order valence-corrected chi connectivity index (χ2v) is 9.34. The molecular formula is C23H27NO3S. The number of rotatable bonds is 4. The summed E-state index contributed by atoms with van der Waals surface area (Å²) in [7, 11) is 1.38. The Hall–Kier alpha value is -2.40. The van der Waals surface area contributed by atoms with Crippen molar-refractivity contribution in [3.8, 4) is 0 Å². The molecule has 1 N–H and O–H groups in total. The minimum absolute atomic E-state index is 0.217. The maximum atomic E-state index is 12.4. The molecule has 0 spiro atoms. The number of hydrogen-bond acceptors (Lipinski definition) is 4. The molecule has 1 atom stereocenters. The van der Waals surface area contributed by atoms with E-state index in [9.17, 15) is 9.59 Å². The van der Waals surface area contributed by atoms with E-state index in [1.54, 1.807) is 6.08 Å². The number of amides is 1. The molecule has 0 bridgehead atoms. The van der Waals surface area contributed by atoms with Crippen molar-refractivity contribution in [2.75, 3.05) is 12.4 Å². The van der Waals surface area contributed by atoms with Gasteiger partial charge in [-0.15, -0.1) is 11.3 Å². The van der Waals surface area contributed by atoms with E-state index in [2.05, 4.69) is 26.1 Å². The summed E-state index contributed by atoms with van der Waals surface area (Å²) in [6.07, 6.45) is 6.07. The Morgan fingerprint density at radius 3 is 2.57 bits per heavy atom. The van der Waals surface area contributed by atoms with Crippen LogP contribution in [0, 0.1) is 11.3 Å². The first kappa shape index (κ1) is 20.3. The number of carbonyl (C=O) groups excluding carboxylic acids is 2. The Kier molecular flexibility index (Phi) is 6.04. The van der Waals surface area contributed by atoms with E-state index in [1.165, 1.54) is 29.4 Å². The Balaban J connectivity index is 1.84. The molecule has 5 heteroatoms. The maximum Gasteiger partial charge on any atom is 0.341 e. The third-order valence-corrected chi connectivity index (χ3v) is 6.51. The fraction of sp³-hybridized carbons (Fsp3) is 0.391. The van der Waals surface area contributed by atoms with Crippen LogP contribution < -0.4 is 5.32 Å². The predicted octanol–water partition coefficient (Wildman–Crippen LogP) is 5.34. The van der Waals surface area contributed by atoms with E-state index in [4.69, 9.17) is 4.74 Å². The summed E-state index contributed by atoms with van der Waals surface area (Å²) in [6, 6.07) is 9.64. The van der Waals surface area contributed by atoms with Crippen molar-refractivity contribution in [3.63, 3.8) is 0 Å². The van der Waals surface area contributed by atoms with Crippen molar-refractivity contribution in [2.45, 2.75) is 40.0 Å². The van der Waals surface area contributed by atoms with Crippen molar-refractivity contribution >= 4 is 34.3 Å². The fourth-order valence-corrected chi connectivity index (χ4v) is 4.94. The van der Waals surface area contributed by atoms with Gasteiger partial charge in [0.25, 0.3) is 0 Å². The number of benzene rings is 1. The topological polar surface area (TPSA) is 55.4 Å². The summed E-state index contributed by atoms with van der Waals surface area (Å²) in [5, 5.41) is 3.49. The number of methoxy groups -OCH3 is 1.